The molecule has 40 heavy (non-hydrogen) atoms. The molecule has 2 aliphatic rings. The number of aliphatic hydroxyl groups excluding tert-OH is 1. The Morgan fingerprint density at radius 2 is 1.50 bits per heavy atom. The van der Waals surface area contributed by atoms with Gasteiger partial charge in [0, 0.05) is 29.9 Å². The van der Waals surface area contributed by atoms with Crippen molar-refractivity contribution < 1.29 is 28.9 Å². The van der Waals surface area contributed by atoms with Gasteiger partial charge in [-0.2, -0.15) is 4.73 Å². The number of anilines is 1. The molecule has 6 rings (SSSR count). The molecule has 1 saturated heterocycles. The Labute approximate surface area is 235 Å². The smallest absolute Gasteiger partial charge is 0.266 e. The highest BCUT2D eigenvalue weighted by Gasteiger charge is 2.37. The van der Waals surface area contributed by atoms with E-state index in [1.165, 1.54) is 22.9 Å². The second-order valence-electron chi connectivity index (χ2n) is 9.61. The van der Waals surface area contributed by atoms with Gasteiger partial charge in [-0.15, -0.1) is 0 Å². The summed E-state index contributed by atoms with van der Waals surface area (Å²) in [6, 6.07) is 26.7. The summed E-state index contributed by atoms with van der Waals surface area (Å²) >= 11 is 1.42. The van der Waals surface area contributed by atoms with Crippen LogP contribution in [0.15, 0.2) is 102 Å². The number of hydrogen-bond acceptors (Lipinski definition) is 7. The summed E-state index contributed by atoms with van der Waals surface area (Å²) in [5.41, 5.74) is 3.77. The van der Waals surface area contributed by atoms with Crippen molar-refractivity contribution in [3.05, 3.63) is 130 Å². The topological polar surface area (TPSA) is 103 Å². The van der Waals surface area contributed by atoms with Crippen LogP contribution in [0, 0.1) is 5.21 Å². The van der Waals surface area contributed by atoms with Gasteiger partial charge < -0.3 is 19.8 Å². The number of thioether (sulfide) groups is 1. The quantitative estimate of drug-likeness (QED) is 0.149. The molecule has 0 spiro atoms. The fourth-order valence-corrected chi connectivity index (χ4v) is 5.86. The van der Waals surface area contributed by atoms with Crippen LogP contribution in [-0.4, -0.2) is 28.8 Å². The zero-order valence-corrected chi connectivity index (χ0v) is 22.2. The van der Waals surface area contributed by atoms with Crippen LogP contribution < -0.4 is 9.63 Å². The maximum absolute atomic E-state index is 12.9. The van der Waals surface area contributed by atoms with Crippen LogP contribution in [0.1, 0.15) is 56.2 Å². The monoisotopic (exact) mass is 554 g/mol. The lowest BCUT2D eigenvalue weighted by molar-refractivity contribution is -0.645. The first-order chi connectivity index (χ1) is 19.5. The van der Waals surface area contributed by atoms with Crippen molar-refractivity contribution in [3.63, 3.8) is 0 Å². The number of nitrogens with zero attached hydrogens (tertiary/aromatic N) is 2. The van der Waals surface area contributed by atoms with Crippen LogP contribution in [0.25, 0.3) is 0 Å². The van der Waals surface area contributed by atoms with Crippen molar-refractivity contribution in [1.82, 2.24) is 0 Å². The number of aromatic nitrogens is 1. The van der Waals surface area contributed by atoms with Gasteiger partial charge in [-0.3, -0.25) is 9.59 Å². The predicted molar refractivity (Wildman–Crippen MR) is 149 cm³/mol. The van der Waals surface area contributed by atoms with Crippen LogP contribution >= 0.6 is 11.8 Å². The van der Waals surface area contributed by atoms with Gasteiger partial charge >= 0.3 is 0 Å². The summed E-state index contributed by atoms with van der Waals surface area (Å²) in [6.07, 6.45) is 0.858. The molecule has 2 amide bonds. The highest BCUT2D eigenvalue weighted by atomic mass is 32.2. The highest BCUT2D eigenvalue weighted by Crippen LogP contribution is 2.40. The van der Waals surface area contributed by atoms with Crippen molar-refractivity contribution >= 4 is 29.3 Å². The Kier molecular flexibility index (Phi) is 7.36. The molecule has 9 heteroatoms. The second-order valence-corrected chi connectivity index (χ2v) is 10.6. The summed E-state index contributed by atoms with van der Waals surface area (Å²) in [5, 5.41) is 22.2. The molecule has 1 N–H and O–H groups in total. The molecule has 0 radical (unpaired) electrons. The molecular weight excluding hydrogens is 528 g/mol. The lowest BCUT2D eigenvalue weighted by Crippen LogP contribution is -2.33. The van der Waals surface area contributed by atoms with Crippen LogP contribution in [-0.2, 0) is 16.1 Å². The molecule has 4 aromatic rings. The molecule has 3 aromatic carbocycles. The van der Waals surface area contributed by atoms with E-state index in [0.717, 1.165) is 21.4 Å². The number of imide groups is 1. The van der Waals surface area contributed by atoms with Crippen molar-refractivity contribution in [1.29, 1.82) is 0 Å². The molecule has 0 bridgehead atoms. The zero-order chi connectivity index (χ0) is 27.6. The maximum Gasteiger partial charge on any atom is 0.266 e. The van der Waals surface area contributed by atoms with Crippen LogP contribution in [0.2, 0.25) is 0 Å². The molecule has 2 aliphatic heterocycles. The normalized spacial score (nSPS) is 20.5. The predicted octanol–water partition coefficient (Wildman–Crippen LogP) is 4.95. The van der Waals surface area contributed by atoms with E-state index >= 15 is 0 Å². The summed E-state index contributed by atoms with van der Waals surface area (Å²) in [7, 11) is 0. The minimum Gasteiger partial charge on any atom is -0.618 e. The van der Waals surface area contributed by atoms with E-state index < -0.39 is 6.29 Å². The van der Waals surface area contributed by atoms with E-state index in [2.05, 4.69) is 0 Å². The fourth-order valence-electron chi connectivity index (χ4n) is 4.93. The third kappa shape index (κ3) is 5.12. The van der Waals surface area contributed by atoms with E-state index in [4.69, 9.17) is 9.47 Å². The number of aliphatic hydroxyl groups is 1. The van der Waals surface area contributed by atoms with E-state index in [1.807, 2.05) is 30.3 Å². The van der Waals surface area contributed by atoms with Gasteiger partial charge in [-0.25, -0.2) is 4.90 Å². The van der Waals surface area contributed by atoms with E-state index in [0.29, 0.717) is 34.0 Å². The lowest BCUT2D eigenvalue weighted by atomic mass is 10.0. The van der Waals surface area contributed by atoms with E-state index in [-0.39, 0.29) is 30.6 Å². The summed E-state index contributed by atoms with van der Waals surface area (Å²) in [4.78, 5) is 27.0. The number of fused-ring (bicyclic) bond motifs is 1. The van der Waals surface area contributed by atoms with Gasteiger partial charge in [0.15, 0.2) is 12.5 Å². The Hall–Kier alpha value is -4.02. The van der Waals surface area contributed by atoms with Crippen molar-refractivity contribution in [3.8, 4) is 0 Å². The Morgan fingerprint density at radius 3 is 2.15 bits per heavy atom. The number of carbonyl (C=O) groups is 2. The number of carbonyl (C=O) groups excluding carboxylic acids is 2. The number of ether oxygens (including phenoxy) is 2. The van der Waals surface area contributed by atoms with Crippen molar-refractivity contribution in [2.24, 2.45) is 0 Å². The SMILES string of the molecule is O=C1c2ccccc2C(=O)N1c1ccc([C@@H]2O[C@H](CSc3cccc[n+]3[O-])C[C@H](c3ccc(CO)cc3)O2)cc1. The van der Waals surface area contributed by atoms with Gasteiger partial charge in [0.25, 0.3) is 16.8 Å². The molecule has 8 nitrogen and oxygen atoms in total. The van der Waals surface area contributed by atoms with E-state index in [1.54, 1.807) is 60.7 Å². The number of rotatable bonds is 7. The largest absolute Gasteiger partial charge is 0.618 e. The Morgan fingerprint density at radius 1 is 0.850 bits per heavy atom. The van der Waals surface area contributed by atoms with Crippen LogP contribution in [0.3, 0.4) is 0 Å². The van der Waals surface area contributed by atoms with E-state index in [9.17, 15) is 19.9 Å². The number of amides is 2. The third-order valence-corrected chi connectivity index (χ3v) is 8.19. The minimum atomic E-state index is -0.701. The first kappa shape index (κ1) is 26.2. The summed E-state index contributed by atoms with van der Waals surface area (Å²) in [6.45, 7) is -0.0392. The average Bonchev–Trinajstić information content (AvgIpc) is 3.26. The van der Waals surface area contributed by atoms with Crippen LogP contribution in [0.5, 0.6) is 0 Å². The first-order valence-corrected chi connectivity index (χ1v) is 13.9. The molecule has 202 valence electrons. The van der Waals surface area contributed by atoms with Crippen molar-refractivity contribution in [2.45, 2.75) is 36.6 Å². The van der Waals surface area contributed by atoms with Gasteiger partial charge in [0.05, 0.1) is 35.6 Å². The summed E-state index contributed by atoms with van der Waals surface area (Å²) < 4.78 is 13.6. The second kappa shape index (κ2) is 11.2. The fraction of sp³-hybridized carbons (Fsp3) is 0.194. The Balaban J connectivity index is 1.23. The van der Waals surface area contributed by atoms with Gasteiger partial charge in [-0.05, 0) is 41.5 Å². The molecule has 1 aromatic heterocycles. The number of benzene rings is 3. The maximum atomic E-state index is 12.9. The highest BCUT2D eigenvalue weighted by molar-refractivity contribution is 7.99. The van der Waals surface area contributed by atoms with Gasteiger partial charge in [0.2, 0.25) is 0 Å². The van der Waals surface area contributed by atoms with Crippen LogP contribution in [0.4, 0.5) is 5.69 Å². The van der Waals surface area contributed by atoms with Crippen molar-refractivity contribution in [2.75, 3.05) is 10.7 Å². The molecule has 0 aliphatic carbocycles. The summed E-state index contributed by atoms with van der Waals surface area (Å²) in [5.74, 6) is -0.151. The Bertz CT molecular complexity index is 1510. The standard InChI is InChI=1S/C31H26N2O6S/c34-18-20-8-10-21(11-9-20)27-17-24(19-40-28-7-3-4-16-32(28)37)38-31(39-27)22-12-14-23(15-13-22)33-29(35)25-5-1-2-6-26(25)30(33)36/h1-16,24,27,31,34H,17-19H2/t24-,27+,31+/m0/s1. The van der Waals surface area contributed by atoms with Gasteiger partial charge in [0.1, 0.15) is 0 Å². The molecular formula is C31H26N2O6S. The molecule has 3 heterocycles. The lowest BCUT2D eigenvalue weighted by Gasteiger charge is -2.36. The molecule has 1 fully saturated rings. The first-order valence-electron chi connectivity index (χ1n) is 12.9. The average molecular weight is 555 g/mol. The molecule has 0 saturated carbocycles. The zero-order valence-electron chi connectivity index (χ0n) is 21.4. The van der Waals surface area contributed by atoms with Gasteiger partial charge in [-0.1, -0.05) is 60.3 Å². The minimum absolute atomic E-state index is 0.0392. The third-order valence-electron chi connectivity index (χ3n) is 7.04. The number of hydrogen-bond donors (Lipinski definition) is 1. The molecule has 3 atom stereocenters. The number of pyridine rings is 1. The molecule has 0 unspecified atom stereocenters.